The fourth-order valence-corrected chi connectivity index (χ4v) is 6.10. The maximum Gasteiger partial charge on any atom is 0.354 e. The molecule has 2 aliphatic heterocycles. The first-order valence-corrected chi connectivity index (χ1v) is 12.3. The van der Waals surface area contributed by atoms with E-state index >= 15 is 0 Å². The number of rotatable bonds is 6. The van der Waals surface area contributed by atoms with E-state index in [2.05, 4.69) is 34.8 Å². The molecule has 1 aromatic heterocycles. The lowest BCUT2D eigenvalue weighted by molar-refractivity contribution is -0.555. The largest absolute Gasteiger partial charge is 0.496 e. The molecule has 5 rings (SSSR count). The Morgan fingerprint density at radius 2 is 2.09 bits per heavy atom. The zero-order valence-corrected chi connectivity index (χ0v) is 20.9. The molecule has 1 saturated heterocycles. The van der Waals surface area contributed by atoms with E-state index < -0.39 is 0 Å². The summed E-state index contributed by atoms with van der Waals surface area (Å²) < 4.78 is 7.95. The number of nitrogens with zero attached hydrogens (tertiary/aromatic N) is 6. The third kappa shape index (κ3) is 3.37. The first-order chi connectivity index (χ1) is 16.3. The van der Waals surface area contributed by atoms with Crippen molar-refractivity contribution in [2.75, 3.05) is 25.9 Å². The van der Waals surface area contributed by atoms with E-state index in [1.807, 2.05) is 17.7 Å². The van der Waals surface area contributed by atoms with Gasteiger partial charge in [0.05, 0.1) is 19.6 Å². The van der Waals surface area contributed by atoms with Crippen LogP contribution in [0.3, 0.4) is 0 Å². The Balaban J connectivity index is 1.50. The Hall–Kier alpha value is -2.76. The van der Waals surface area contributed by atoms with Crippen LogP contribution in [0.5, 0.6) is 5.75 Å². The van der Waals surface area contributed by atoms with Crippen LogP contribution in [0.1, 0.15) is 79.8 Å². The van der Waals surface area contributed by atoms with Crippen LogP contribution in [0.4, 0.5) is 11.6 Å². The molecule has 2 N–H and O–H groups in total. The van der Waals surface area contributed by atoms with Crippen molar-refractivity contribution in [3.8, 4) is 11.8 Å². The van der Waals surface area contributed by atoms with E-state index in [9.17, 15) is 5.26 Å². The van der Waals surface area contributed by atoms with Crippen molar-refractivity contribution >= 4 is 23.2 Å². The minimum absolute atomic E-state index is 0.0645. The van der Waals surface area contributed by atoms with Gasteiger partial charge in [0.2, 0.25) is 6.33 Å². The Kier molecular flexibility index (Phi) is 5.73. The van der Waals surface area contributed by atoms with Gasteiger partial charge >= 0.3 is 5.82 Å². The highest BCUT2D eigenvalue weighted by Crippen LogP contribution is 2.50. The normalized spacial score (nSPS) is 22.2. The first kappa shape index (κ1) is 23.0. The van der Waals surface area contributed by atoms with Crippen molar-refractivity contribution in [1.82, 2.24) is 14.9 Å². The molecule has 1 saturated carbocycles. The predicted molar refractivity (Wildman–Crippen MR) is 129 cm³/mol. The van der Waals surface area contributed by atoms with Gasteiger partial charge in [0, 0.05) is 40.7 Å². The lowest BCUT2D eigenvalue weighted by Gasteiger charge is -2.56. The van der Waals surface area contributed by atoms with Gasteiger partial charge in [-0.2, -0.15) is 10.2 Å². The number of nitriles is 1. The Morgan fingerprint density at radius 3 is 2.71 bits per heavy atom. The quantitative estimate of drug-likeness (QED) is 0.570. The second kappa shape index (κ2) is 8.47. The Bertz CT molecular complexity index is 1210. The summed E-state index contributed by atoms with van der Waals surface area (Å²) in [6, 6.07) is 4.12. The topological polar surface area (TPSA) is 103 Å². The highest BCUT2D eigenvalue weighted by Gasteiger charge is 2.49. The van der Waals surface area contributed by atoms with E-state index in [4.69, 9.17) is 27.2 Å². The van der Waals surface area contributed by atoms with Gasteiger partial charge < -0.3 is 10.5 Å². The Labute approximate surface area is 205 Å². The van der Waals surface area contributed by atoms with Crippen LogP contribution in [0.2, 0.25) is 5.02 Å². The minimum atomic E-state index is -0.155. The summed E-state index contributed by atoms with van der Waals surface area (Å²) in [6.07, 6.45) is 5.51. The fourth-order valence-electron chi connectivity index (χ4n) is 5.88. The summed E-state index contributed by atoms with van der Waals surface area (Å²) in [5.41, 5.74) is 10.2. The monoisotopic (exact) mass is 480 g/mol. The number of benzene rings is 1. The highest BCUT2D eigenvalue weighted by atomic mass is 35.5. The second-order valence-corrected chi connectivity index (χ2v) is 10.2. The second-order valence-electron chi connectivity index (χ2n) is 9.84. The number of nitrogens with two attached hydrogens (primary N) is 1. The highest BCUT2D eigenvalue weighted by molar-refractivity contribution is 6.31. The van der Waals surface area contributed by atoms with Crippen LogP contribution < -0.4 is 10.5 Å². The van der Waals surface area contributed by atoms with Crippen LogP contribution in [-0.2, 0) is 0 Å². The van der Waals surface area contributed by atoms with E-state index in [0.717, 1.165) is 64.8 Å². The number of anilines is 1. The summed E-state index contributed by atoms with van der Waals surface area (Å²) in [5, 5.41) is 14.9. The maximum atomic E-state index is 9.34. The van der Waals surface area contributed by atoms with Gasteiger partial charge in [0.1, 0.15) is 29.2 Å². The summed E-state index contributed by atoms with van der Waals surface area (Å²) in [7, 11) is 1.72. The average Bonchev–Trinajstić information content (AvgIpc) is 3.10. The number of aromatic nitrogens is 2. The average molecular weight is 481 g/mol. The molecule has 9 heteroatoms. The standard InChI is InChI=1S/C25H31ClN7O/c1-14-19(26)10-18(16(3)33-24-21(15(2)31-33)23(28)29-13-30-24)22(34-4)20(14)17-11-32(12-17)25(8-9-27)6-5-7-25/h10,13,15-17H,5-8,11-12H2,1-4H3,(H2,28,29,30)/q+1. The SMILES string of the molecule is COc1c(C(C)[N+]2=NC(C)c3c(N)ncnc32)cc(Cl)c(C)c1C1CN(C2(CC#N)CCC2)C1. The maximum absolute atomic E-state index is 9.34. The van der Waals surface area contributed by atoms with Crippen LogP contribution in [0, 0.1) is 18.3 Å². The van der Waals surface area contributed by atoms with Crippen molar-refractivity contribution in [3.05, 3.63) is 39.7 Å². The summed E-state index contributed by atoms with van der Waals surface area (Å²) in [5.74, 6) is 2.37. The molecule has 0 bridgehead atoms. The molecule has 34 heavy (non-hydrogen) atoms. The van der Waals surface area contributed by atoms with Crippen molar-refractivity contribution < 1.29 is 9.43 Å². The zero-order chi connectivity index (χ0) is 24.2. The first-order valence-electron chi connectivity index (χ1n) is 11.9. The molecule has 2 atom stereocenters. The van der Waals surface area contributed by atoms with E-state index in [1.165, 1.54) is 12.7 Å². The van der Waals surface area contributed by atoms with Crippen LogP contribution in [0.25, 0.3) is 0 Å². The van der Waals surface area contributed by atoms with Gasteiger partial charge in [0.15, 0.2) is 0 Å². The van der Waals surface area contributed by atoms with Crippen molar-refractivity contribution in [3.63, 3.8) is 0 Å². The third-order valence-electron chi connectivity index (χ3n) is 8.05. The van der Waals surface area contributed by atoms with E-state index in [0.29, 0.717) is 18.2 Å². The van der Waals surface area contributed by atoms with E-state index in [1.54, 1.807) is 7.11 Å². The molecule has 2 fully saturated rings. The number of ether oxygens (including phenoxy) is 1. The van der Waals surface area contributed by atoms with Crippen molar-refractivity contribution in [2.45, 2.75) is 70.0 Å². The number of hydrogen-bond acceptors (Lipinski definition) is 7. The summed E-state index contributed by atoms with van der Waals surface area (Å²) >= 11 is 6.79. The van der Waals surface area contributed by atoms with Gasteiger partial charge in [0.25, 0.3) is 0 Å². The number of hydrogen-bond donors (Lipinski definition) is 1. The fraction of sp³-hybridized carbons (Fsp3) is 0.560. The lowest BCUT2D eigenvalue weighted by atomic mass is 9.70. The Morgan fingerprint density at radius 1 is 1.35 bits per heavy atom. The number of fused-ring (bicyclic) bond motifs is 1. The number of nitrogen functional groups attached to an aromatic ring is 1. The molecule has 2 unspecified atom stereocenters. The van der Waals surface area contributed by atoms with Crippen molar-refractivity contribution in [1.29, 1.82) is 5.26 Å². The molecule has 1 aliphatic carbocycles. The predicted octanol–water partition coefficient (Wildman–Crippen LogP) is 5.20. The molecule has 8 nitrogen and oxygen atoms in total. The van der Waals surface area contributed by atoms with Gasteiger partial charge in [-0.15, -0.1) is 9.81 Å². The smallest absolute Gasteiger partial charge is 0.354 e. The molecule has 0 amide bonds. The van der Waals surface area contributed by atoms with Crippen molar-refractivity contribution in [2.24, 2.45) is 5.11 Å². The lowest BCUT2D eigenvalue weighted by Crippen LogP contribution is -2.62. The molecule has 178 valence electrons. The van der Waals surface area contributed by atoms with E-state index in [-0.39, 0.29) is 17.6 Å². The van der Waals surface area contributed by atoms with Crippen LogP contribution in [-0.4, -0.2) is 45.3 Å². The van der Waals surface area contributed by atoms with Crippen LogP contribution in [0.15, 0.2) is 17.5 Å². The van der Waals surface area contributed by atoms with Crippen LogP contribution >= 0.6 is 11.6 Å². The van der Waals surface area contributed by atoms with Gasteiger partial charge in [-0.1, -0.05) is 11.6 Å². The summed E-state index contributed by atoms with van der Waals surface area (Å²) in [6.45, 7) is 7.99. The third-order valence-corrected chi connectivity index (χ3v) is 8.44. The van der Waals surface area contributed by atoms with Gasteiger partial charge in [-0.05, 0) is 56.6 Å². The van der Waals surface area contributed by atoms with Gasteiger partial charge in [-0.25, -0.2) is 0 Å². The molecule has 3 heterocycles. The number of halogens is 1. The molecule has 0 spiro atoms. The number of methoxy groups -OCH3 is 1. The summed E-state index contributed by atoms with van der Waals surface area (Å²) in [4.78, 5) is 11.1. The zero-order valence-electron chi connectivity index (χ0n) is 20.2. The molecule has 2 aromatic rings. The van der Waals surface area contributed by atoms with Gasteiger partial charge in [-0.3, -0.25) is 4.90 Å². The molecular weight excluding hydrogens is 450 g/mol. The molecular formula is C25H31ClN7O+. The number of azo groups is 2. The minimum Gasteiger partial charge on any atom is -0.496 e. The molecule has 1 aromatic carbocycles. The molecule has 0 radical (unpaired) electrons. The molecule has 3 aliphatic rings. The number of likely N-dealkylation sites (tertiary alicyclic amines) is 1.